The molecule has 2 amide bonds. The number of hydrogen-bond donors (Lipinski definition) is 1. The molecule has 198 valence electrons. The van der Waals surface area contributed by atoms with Crippen molar-refractivity contribution in [3.63, 3.8) is 0 Å². The number of halogens is 5. The van der Waals surface area contributed by atoms with Gasteiger partial charge in [0.25, 0.3) is 0 Å². The minimum atomic E-state index is -4.46. The van der Waals surface area contributed by atoms with E-state index in [1.165, 1.54) is 12.1 Å². The molecule has 4 fully saturated rings. The lowest BCUT2D eigenvalue weighted by Crippen LogP contribution is -2.65. The van der Waals surface area contributed by atoms with Crippen LogP contribution in [0.4, 0.5) is 13.2 Å². The Morgan fingerprint density at radius 1 is 1.08 bits per heavy atom. The number of benzene rings is 2. The zero-order valence-corrected chi connectivity index (χ0v) is 21.6. The Labute approximate surface area is 223 Å². The molecule has 0 aromatic heterocycles. The second-order valence-corrected chi connectivity index (χ2v) is 11.3. The van der Waals surface area contributed by atoms with Gasteiger partial charge in [-0.05, 0) is 80.1 Å². The van der Waals surface area contributed by atoms with Gasteiger partial charge in [-0.15, -0.1) is 0 Å². The van der Waals surface area contributed by atoms with Gasteiger partial charge in [0.05, 0.1) is 11.0 Å². The van der Waals surface area contributed by atoms with Crippen molar-refractivity contribution in [3.05, 3.63) is 69.2 Å². The van der Waals surface area contributed by atoms with Crippen LogP contribution in [0, 0.1) is 5.92 Å². The molecular weight excluding hydrogens is 526 g/mol. The van der Waals surface area contributed by atoms with Crippen LogP contribution in [-0.2, 0) is 27.6 Å². The van der Waals surface area contributed by atoms with Crippen molar-refractivity contribution >= 4 is 35.0 Å². The normalized spacial score (nSPS) is 24.9. The van der Waals surface area contributed by atoms with Crippen LogP contribution in [0.5, 0.6) is 0 Å². The highest BCUT2D eigenvalue weighted by atomic mass is 35.5. The first-order chi connectivity index (χ1) is 17.5. The lowest BCUT2D eigenvalue weighted by molar-refractivity contribution is -0.149. The smallest absolute Gasteiger partial charge is 0.368 e. The molecule has 3 heterocycles. The number of primary amides is 1. The molecular formula is C27H28Cl2F3N3O2. The van der Waals surface area contributed by atoms with Gasteiger partial charge >= 0.3 is 6.18 Å². The summed E-state index contributed by atoms with van der Waals surface area (Å²) in [5, 5.41) is 0.856. The molecule has 0 spiro atoms. The fourth-order valence-electron chi connectivity index (χ4n) is 6.01. The highest BCUT2D eigenvalue weighted by Gasteiger charge is 2.57. The molecule has 5 nitrogen and oxygen atoms in total. The molecule has 2 atom stereocenters. The highest BCUT2D eigenvalue weighted by molar-refractivity contribution is 6.35. The number of nitrogens with two attached hydrogens (primary N) is 1. The standard InChI is InChI=1S/C27H28Cl2F3N3O2/c28-19-5-6-20(21(29)14-19)26(9-10-26)25(37)35(23-15-34-11-7-17(23)8-12-34)22(24(33)36)13-16-1-3-18(4-2-16)27(30,31)32/h1-6,14,17,22-23H,7-13,15H2,(H2,33,36)/t22-,23+/m0/s1. The Morgan fingerprint density at radius 2 is 1.73 bits per heavy atom. The highest BCUT2D eigenvalue weighted by Crippen LogP contribution is 2.53. The third-order valence-corrected chi connectivity index (χ3v) is 8.74. The molecule has 1 aliphatic carbocycles. The number of hydrogen-bond acceptors (Lipinski definition) is 3. The molecule has 6 rings (SSSR count). The number of amides is 2. The summed E-state index contributed by atoms with van der Waals surface area (Å²) in [5.74, 6) is -0.659. The maximum atomic E-state index is 14.4. The molecule has 2 aromatic rings. The SMILES string of the molecule is NC(=O)[C@H](Cc1ccc(C(F)(F)F)cc1)N(C(=O)C1(c2ccc(Cl)cc2Cl)CC1)[C@@H]1CN2CCC1CC2. The molecule has 2 bridgehead atoms. The van der Waals surface area contributed by atoms with Gasteiger partial charge in [-0.25, -0.2) is 0 Å². The summed E-state index contributed by atoms with van der Waals surface area (Å²) >= 11 is 12.6. The summed E-state index contributed by atoms with van der Waals surface area (Å²) in [6, 6.07) is 8.53. The van der Waals surface area contributed by atoms with Crippen molar-refractivity contribution in [1.82, 2.24) is 9.80 Å². The van der Waals surface area contributed by atoms with Crippen LogP contribution >= 0.6 is 23.2 Å². The van der Waals surface area contributed by atoms with Crippen molar-refractivity contribution in [2.45, 2.75) is 55.8 Å². The van der Waals surface area contributed by atoms with Crippen molar-refractivity contribution < 1.29 is 22.8 Å². The fourth-order valence-corrected chi connectivity index (χ4v) is 6.60. The molecule has 10 heteroatoms. The van der Waals surface area contributed by atoms with E-state index in [2.05, 4.69) is 4.90 Å². The number of alkyl halides is 3. The van der Waals surface area contributed by atoms with Crippen LogP contribution in [0.3, 0.4) is 0 Å². The molecule has 2 aromatic carbocycles. The van der Waals surface area contributed by atoms with Crippen LogP contribution in [0.1, 0.15) is 42.4 Å². The number of carbonyl (C=O) groups is 2. The topological polar surface area (TPSA) is 66.6 Å². The summed E-state index contributed by atoms with van der Waals surface area (Å²) in [7, 11) is 0. The molecule has 37 heavy (non-hydrogen) atoms. The van der Waals surface area contributed by atoms with Gasteiger partial charge in [-0.2, -0.15) is 13.2 Å². The van der Waals surface area contributed by atoms with Gasteiger partial charge in [0, 0.05) is 29.1 Å². The number of rotatable bonds is 7. The van der Waals surface area contributed by atoms with Gasteiger partial charge in [0.15, 0.2) is 0 Å². The zero-order valence-electron chi connectivity index (χ0n) is 20.1. The molecule has 4 aliphatic rings. The number of carbonyl (C=O) groups excluding carboxylic acids is 2. The van der Waals surface area contributed by atoms with Crippen LogP contribution < -0.4 is 5.73 Å². The summed E-state index contributed by atoms with van der Waals surface area (Å²) in [5.41, 5.74) is 5.44. The van der Waals surface area contributed by atoms with Gasteiger partial charge in [-0.3, -0.25) is 9.59 Å². The van der Waals surface area contributed by atoms with Crippen LogP contribution in [-0.4, -0.2) is 53.3 Å². The molecule has 2 N–H and O–H groups in total. The first-order valence-electron chi connectivity index (χ1n) is 12.5. The third kappa shape index (κ3) is 5.08. The van der Waals surface area contributed by atoms with E-state index in [0.29, 0.717) is 40.6 Å². The number of piperidine rings is 3. The molecule has 3 saturated heterocycles. The van der Waals surface area contributed by atoms with E-state index in [-0.39, 0.29) is 24.3 Å². The largest absolute Gasteiger partial charge is 0.416 e. The molecule has 0 radical (unpaired) electrons. The van der Waals surface area contributed by atoms with Crippen molar-refractivity contribution in [2.24, 2.45) is 11.7 Å². The average Bonchev–Trinajstić information content (AvgIpc) is 3.66. The lowest BCUT2D eigenvalue weighted by atomic mass is 9.80. The van der Waals surface area contributed by atoms with Gasteiger partial charge < -0.3 is 15.5 Å². The second kappa shape index (κ2) is 9.79. The van der Waals surface area contributed by atoms with E-state index in [1.807, 2.05) is 0 Å². The minimum Gasteiger partial charge on any atom is -0.368 e. The number of nitrogens with zero attached hydrogens (tertiary/aromatic N) is 2. The van der Waals surface area contributed by atoms with Crippen LogP contribution in [0.15, 0.2) is 42.5 Å². The van der Waals surface area contributed by atoms with Gasteiger partial charge in [0.2, 0.25) is 11.8 Å². The Balaban J connectivity index is 1.52. The quantitative estimate of drug-likeness (QED) is 0.521. The summed E-state index contributed by atoms with van der Waals surface area (Å²) in [6.07, 6.45) is -1.45. The fraction of sp³-hybridized carbons (Fsp3) is 0.481. The van der Waals surface area contributed by atoms with Crippen LogP contribution in [0.2, 0.25) is 10.0 Å². The van der Waals surface area contributed by atoms with Crippen molar-refractivity contribution in [2.75, 3.05) is 19.6 Å². The summed E-state index contributed by atoms with van der Waals surface area (Å²) < 4.78 is 39.2. The Bertz CT molecular complexity index is 1190. The monoisotopic (exact) mass is 553 g/mol. The van der Waals surface area contributed by atoms with E-state index < -0.39 is 29.1 Å². The Kier molecular flexibility index (Phi) is 6.96. The Hall–Kier alpha value is -2.29. The molecule has 0 unspecified atom stereocenters. The van der Waals surface area contributed by atoms with E-state index >= 15 is 0 Å². The first kappa shape index (κ1) is 26.3. The number of fused-ring (bicyclic) bond motifs is 3. The van der Waals surface area contributed by atoms with E-state index in [4.69, 9.17) is 28.9 Å². The second-order valence-electron chi connectivity index (χ2n) is 10.4. The van der Waals surface area contributed by atoms with Crippen molar-refractivity contribution in [3.8, 4) is 0 Å². The summed E-state index contributed by atoms with van der Waals surface area (Å²) in [4.78, 5) is 31.3. The predicted molar refractivity (Wildman–Crippen MR) is 135 cm³/mol. The predicted octanol–water partition coefficient (Wildman–Crippen LogP) is 5.06. The van der Waals surface area contributed by atoms with E-state index in [1.54, 1.807) is 23.1 Å². The lowest BCUT2D eigenvalue weighted by Gasteiger charge is -2.51. The van der Waals surface area contributed by atoms with Gasteiger partial charge in [0.1, 0.15) is 6.04 Å². The van der Waals surface area contributed by atoms with E-state index in [9.17, 15) is 22.8 Å². The third-order valence-electron chi connectivity index (χ3n) is 8.19. The first-order valence-corrected chi connectivity index (χ1v) is 13.2. The maximum absolute atomic E-state index is 14.4. The minimum absolute atomic E-state index is 0.0346. The summed E-state index contributed by atoms with van der Waals surface area (Å²) in [6.45, 7) is 2.52. The van der Waals surface area contributed by atoms with Crippen LogP contribution in [0.25, 0.3) is 0 Å². The van der Waals surface area contributed by atoms with Crippen molar-refractivity contribution in [1.29, 1.82) is 0 Å². The zero-order chi connectivity index (χ0) is 26.5. The Morgan fingerprint density at radius 3 is 2.22 bits per heavy atom. The maximum Gasteiger partial charge on any atom is 0.416 e. The molecule has 1 saturated carbocycles. The molecule has 3 aliphatic heterocycles. The van der Waals surface area contributed by atoms with E-state index in [0.717, 1.165) is 38.1 Å². The average molecular weight is 554 g/mol. The van der Waals surface area contributed by atoms with Gasteiger partial charge in [-0.1, -0.05) is 41.4 Å².